The fourth-order valence-electron chi connectivity index (χ4n) is 4.38. The minimum atomic E-state index is -4.47. The average molecular weight is 541 g/mol. The molecule has 4 rings (SSSR count). The van der Waals surface area contributed by atoms with Crippen molar-refractivity contribution in [2.45, 2.75) is 37.8 Å². The van der Waals surface area contributed by atoms with E-state index in [0.717, 1.165) is 10.2 Å². The number of carbonyl (C=O) groups is 1. The highest BCUT2D eigenvalue weighted by atomic mass is 32.1. The Morgan fingerprint density at radius 3 is 2.62 bits per heavy atom. The van der Waals surface area contributed by atoms with Crippen LogP contribution < -0.4 is 10.6 Å². The number of aliphatic hydroxyl groups excluding tert-OH is 2. The summed E-state index contributed by atoms with van der Waals surface area (Å²) in [6.07, 6.45) is -7.16. The van der Waals surface area contributed by atoms with E-state index in [4.69, 9.17) is 0 Å². The summed E-state index contributed by atoms with van der Waals surface area (Å²) < 4.78 is 44.0. The van der Waals surface area contributed by atoms with Crippen LogP contribution in [0.2, 0.25) is 0 Å². The van der Waals surface area contributed by atoms with Crippen LogP contribution in [-0.2, 0) is 4.74 Å². The number of aryl methyl sites for hydroxylation is 1. The zero-order chi connectivity index (χ0) is 26.9. The number of hydrogen-bond acceptors (Lipinski definition) is 10. The number of halogens is 3. The normalized spacial score (nSPS) is 21.7. The van der Waals surface area contributed by atoms with E-state index in [2.05, 4.69) is 30.3 Å². The highest BCUT2D eigenvalue weighted by Gasteiger charge is 2.43. The van der Waals surface area contributed by atoms with Crippen molar-refractivity contribution in [2.24, 2.45) is 5.92 Å². The van der Waals surface area contributed by atoms with Crippen LogP contribution >= 0.6 is 11.3 Å². The molecule has 1 unspecified atom stereocenters. The Labute approximate surface area is 214 Å². The van der Waals surface area contributed by atoms with Gasteiger partial charge in [-0.1, -0.05) is 12.1 Å². The van der Waals surface area contributed by atoms with Gasteiger partial charge in [0.25, 0.3) is 0 Å². The molecule has 0 saturated heterocycles. The van der Waals surface area contributed by atoms with E-state index in [9.17, 15) is 28.2 Å². The third-order valence-corrected chi connectivity index (χ3v) is 7.22. The summed E-state index contributed by atoms with van der Waals surface area (Å²) in [7, 11) is 2.76. The molecule has 200 valence electrons. The maximum absolute atomic E-state index is 12.8. The van der Waals surface area contributed by atoms with E-state index in [-0.39, 0.29) is 24.7 Å². The van der Waals surface area contributed by atoms with E-state index in [1.807, 2.05) is 24.3 Å². The molecule has 1 amide bonds. The maximum Gasteiger partial charge on any atom is 0.409 e. The molecule has 4 atom stereocenters. The molecule has 1 saturated carbocycles. The van der Waals surface area contributed by atoms with Gasteiger partial charge in [0.15, 0.2) is 0 Å². The van der Waals surface area contributed by atoms with Gasteiger partial charge in [-0.2, -0.15) is 18.2 Å². The molecule has 14 heteroatoms. The van der Waals surface area contributed by atoms with Crippen molar-refractivity contribution >= 4 is 39.4 Å². The third-order valence-electron chi connectivity index (χ3n) is 6.16. The van der Waals surface area contributed by atoms with Crippen LogP contribution in [0.3, 0.4) is 0 Å². The number of benzene rings is 1. The Hall–Kier alpha value is -3.23. The van der Waals surface area contributed by atoms with E-state index in [1.54, 1.807) is 6.92 Å². The molecule has 10 nitrogen and oxygen atoms in total. The quantitative estimate of drug-likeness (QED) is 0.356. The lowest BCUT2D eigenvalue weighted by Gasteiger charge is -2.22. The van der Waals surface area contributed by atoms with Crippen LogP contribution in [-0.4, -0.2) is 87.8 Å². The van der Waals surface area contributed by atoms with Crippen molar-refractivity contribution in [1.82, 2.24) is 19.9 Å². The summed E-state index contributed by atoms with van der Waals surface area (Å²) >= 11 is 1.37. The Balaban J connectivity index is 1.67. The first kappa shape index (κ1) is 26.8. The third kappa shape index (κ3) is 6.02. The molecule has 3 aromatic rings. The van der Waals surface area contributed by atoms with E-state index >= 15 is 0 Å². The van der Waals surface area contributed by atoms with Crippen LogP contribution in [0.5, 0.6) is 0 Å². The predicted octanol–water partition coefficient (Wildman–Crippen LogP) is 3.26. The number of amides is 1. The molecule has 4 N–H and O–H groups in total. The molecule has 1 aliphatic rings. The average Bonchev–Trinajstić information content (AvgIpc) is 3.38. The van der Waals surface area contributed by atoms with Gasteiger partial charge in [0.2, 0.25) is 5.95 Å². The van der Waals surface area contributed by atoms with Gasteiger partial charge in [0, 0.05) is 19.5 Å². The molecule has 0 spiro atoms. The lowest BCUT2D eigenvalue weighted by atomic mass is 10.1. The largest absolute Gasteiger partial charge is 0.453 e. The summed E-state index contributed by atoms with van der Waals surface area (Å²) in [6, 6.07) is 6.76. The van der Waals surface area contributed by atoms with Crippen LogP contribution in [0.25, 0.3) is 20.8 Å². The Morgan fingerprint density at radius 2 is 1.95 bits per heavy atom. The van der Waals surface area contributed by atoms with Gasteiger partial charge in [0.05, 0.1) is 40.7 Å². The molecule has 2 aromatic heterocycles. The van der Waals surface area contributed by atoms with Crippen LogP contribution in [0.15, 0.2) is 24.3 Å². The van der Waals surface area contributed by atoms with Crippen molar-refractivity contribution in [3.05, 3.63) is 30.0 Å². The van der Waals surface area contributed by atoms with Gasteiger partial charge in [-0.3, -0.25) is 0 Å². The molecule has 0 aliphatic heterocycles. The number of anilines is 2. The van der Waals surface area contributed by atoms with Gasteiger partial charge < -0.3 is 30.5 Å². The number of aliphatic hydroxyl groups is 2. The number of thiazole rings is 1. The Morgan fingerprint density at radius 1 is 1.22 bits per heavy atom. The van der Waals surface area contributed by atoms with Crippen molar-refractivity contribution in [1.29, 1.82) is 0 Å². The first-order valence-corrected chi connectivity index (χ1v) is 12.3. The van der Waals surface area contributed by atoms with Crippen molar-refractivity contribution in [3.8, 4) is 10.6 Å². The first-order valence-electron chi connectivity index (χ1n) is 11.4. The van der Waals surface area contributed by atoms with Crippen molar-refractivity contribution < 1.29 is 32.9 Å². The highest BCUT2D eigenvalue weighted by molar-refractivity contribution is 7.21. The second-order valence-corrected chi connectivity index (χ2v) is 9.92. The minimum Gasteiger partial charge on any atom is -0.453 e. The van der Waals surface area contributed by atoms with E-state index < -0.39 is 43.0 Å². The Kier molecular flexibility index (Phi) is 7.71. The number of nitrogens with one attached hydrogen (secondary N) is 2. The molecule has 0 bridgehead atoms. The highest BCUT2D eigenvalue weighted by Crippen LogP contribution is 2.38. The second-order valence-electron chi connectivity index (χ2n) is 8.89. The SMILES string of the molecule is COC(=O)N(C)C[C@H]1CC(Nc2nc(NCC(F)(F)F)nc(C)c2-c2nc3ccccc3s2)[C@H](O)[C@@H]1O. The predicted molar refractivity (Wildman–Crippen MR) is 132 cm³/mol. The number of nitrogens with zero attached hydrogens (tertiary/aromatic N) is 4. The number of ether oxygens (including phenoxy) is 1. The number of alkyl halides is 3. The maximum atomic E-state index is 12.8. The molecular formula is C23H27F3N6O4S. The number of carbonyl (C=O) groups excluding carboxylic acids is 1. The van der Waals surface area contributed by atoms with Crippen LogP contribution in [0.1, 0.15) is 12.1 Å². The zero-order valence-corrected chi connectivity index (χ0v) is 21.1. The number of hydrogen-bond donors (Lipinski definition) is 4. The van der Waals surface area contributed by atoms with Crippen molar-refractivity contribution in [3.63, 3.8) is 0 Å². The van der Waals surface area contributed by atoms with Gasteiger partial charge in [-0.25, -0.2) is 14.8 Å². The number of methoxy groups -OCH3 is 1. The zero-order valence-electron chi connectivity index (χ0n) is 20.3. The number of fused-ring (bicyclic) bond motifs is 1. The van der Waals surface area contributed by atoms with Gasteiger partial charge in [-0.05, 0) is 25.5 Å². The molecule has 1 aliphatic carbocycles. The lowest BCUT2D eigenvalue weighted by Crippen LogP contribution is -2.38. The van der Waals surface area contributed by atoms with Gasteiger partial charge >= 0.3 is 12.3 Å². The summed E-state index contributed by atoms with van der Waals surface area (Å²) in [5, 5.41) is 27.2. The fourth-order valence-corrected chi connectivity index (χ4v) is 5.44. The fraction of sp³-hybridized carbons (Fsp3) is 0.478. The van der Waals surface area contributed by atoms with Crippen molar-refractivity contribution in [2.75, 3.05) is 37.9 Å². The molecule has 37 heavy (non-hydrogen) atoms. The summed E-state index contributed by atoms with van der Waals surface area (Å²) in [5.74, 6) is -0.542. The van der Waals surface area contributed by atoms with E-state index in [1.165, 1.54) is 30.4 Å². The summed E-state index contributed by atoms with van der Waals surface area (Å²) in [4.78, 5) is 26.2. The summed E-state index contributed by atoms with van der Waals surface area (Å²) in [5.41, 5.74) is 1.61. The molecule has 0 radical (unpaired) electrons. The lowest BCUT2D eigenvalue weighted by molar-refractivity contribution is -0.115. The molecule has 1 aromatic carbocycles. The van der Waals surface area contributed by atoms with Crippen LogP contribution in [0.4, 0.5) is 29.7 Å². The smallest absolute Gasteiger partial charge is 0.409 e. The monoisotopic (exact) mass is 540 g/mol. The number of para-hydroxylation sites is 1. The van der Waals surface area contributed by atoms with Gasteiger partial charge in [0.1, 0.15) is 23.5 Å². The molecule has 1 fully saturated rings. The van der Waals surface area contributed by atoms with E-state index in [0.29, 0.717) is 16.3 Å². The first-order chi connectivity index (χ1) is 17.5. The minimum absolute atomic E-state index is 0.134. The van der Waals surface area contributed by atoms with Gasteiger partial charge in [-0.15, -0.1) is 11.3 Å². The second kappa shape index (κ2) is 10.6. The standard InChI is InChI=1S/C23H27F3N6O4S/c1-11-16(20-30-13-6-4-5-7-15(13)37-20)19(31-21(28-11)27-10-23(24,25)26)29-14-8-12(17(33)18(14)34)9-32(2)22(35)36-3/h4-7,12,14,17-18,33-34H,8-10H2,1-3H3,(H2,27,28,29,31)/t12-,14?,17-,18+/m1/s1. The number of aromatic nitrogens is 3. The topological polar surface area (TPSA) is 133 Å². The molecular weight excluding hydrogens is 513 g/mol. The summed E-state index contributed by atoms with van der Waals surface area (Å²) in [6.45, 7) is 0.454. The van der Waals surface area contributed by atoms with Crippen LogP contribution in [0, 0.1) is 12.8 Å². The Bertz CT molecular complexity index is 1240. The molecule has 2 heterocycles. The number of rotatable bonds is 7.